The van der Waals surface area contributed by atoms with Crippen molar-refractivity contribution in [3.63, 3.8) is 0 Å². The maximum Gasteiger partial charge on any atom is 0.278 e. The summed E-state index contributed by atoms with van der Waals surface area (Å²) in [4.78, 5) is 13.8. The van der Waals surface area contributed by atoms with Crippen molar-refractivity contribution in [3.05, 3.63) is 49.7 Å². The molecule has 104 valence electrons. The molecule has 2 rings (SSSR count). The summed E-state index contributed by atoms with van der Waals surface area (Å²) >= 11 is 8.73. The number of hydrogen-bond acceptors (Lipinski definition) is 5. The van der Waals surface area contributed by atoms with Crippen LogP contribution in [0.25, 0.3) is 0 Å². The van der Waals surface area contributed by atoms with Crippen molar-refractivity contribution in [1.29, 1.82) is 0 Å². The summed E-state index contributed by atoms with van der Waals surface area (Å²) in [7, 11) is 0. The Morgan fingerprint density at radius 1 is 1.40 bits per heavy atom. The van der Waals surface area contributed by atoms with E-state index in [1.165, 1.54) is 6.07 Å². The lowest BCUT2D eigenvalue weighted by molar-refractivity contribution is -0.384. The monoisotopic (exact) mass is 361 g/mol. The van der Waals surface area contributed by atoms with Crippen molar-refractivity contribution < 1.29 is 14.1 Å². The number of nitrogens with two attached hydrogens (primary N) is 1. The fourth-order valence-corrected chi connectivity index (χ4v) is 2.08. The van der Waals surface area contributed by atoms with E-state index in [4.69, 9.17) is 22.1 Å². The number of aromatic nitrogens is 1. The van der Waals surface area contributed by atoms with Crippen molar-refractivity contribution >= 4 is 39.0 Å². The van der Waals surface area contributed by atoms with E-state index in [-0.39, 0.29) is 28.2 Å². The normalized spacial score (nSPS) is 10.3. The Bertz CT molecular complexity index is 699. The molecule has 1 aromatic carbocycles. The molecule has 0 radical (unpaired) electrons. The molecular formula is C11H6BrClFN3O3. The smallest absolute Gasteiger partial charge is 0.278 e. The van der Waals surface area contributed by atoms with Crippen molar-refractivity contribution in [2.75, 3.05) is 5.73 Å². The van der Waals surface area contributed by atoms with Gasteiger partial charge in [0.2, 0.25) is 5.88 Å². The quantitative estimate of drug-likeness (QED) is 0.507. The number of hydrogen-bond donors (Lipinski definition) is 1. The molecule has 0 aliphatic heterocycles. The molecule has 0 aliphatic rings. The van der Waals surface area contributed by atoms with Gasteiger partial charge in [0.25, 0.3) is 5.69 Å². The summed E-state index contributed by atoms with van der Waals surface area (Å²) in [5.74, 6) is -0.832. The van der Waals surface area contributed by atoms with Crippen LogP contribution in [0, 0.1) is 15.9 Å². The van der Waals surface area contributed by atoms with E-state index in [9.17, 15) is 14.5 Å². The lowest BCUT2D eigenvalue weighted by Gasteiger charge is -2.08. The molecule has 9 heteroatoms. The van der Waals surface area contributed by atoms with Gasteiger partial charge in [-0.15, -0.1) is 0 Å². The highest BCUT2D eigenvalue weighted by Crippen LogP contribution is 2.34. The molecule has 0 atom stereocenters. The van der Waals surface area contributed by atoms with E-state index in [0.29, 0.717) is 4.47 Å². The van der Waals surface area contributed by atoms with Crippen LogP contribution in [0.4, 0.5) is 15.9 Å². The third kappa shape index (κ3) is 3.14. The van der Waals surface area contributed by atoms with E-state index in [1.807, 2.05) is 0 Å². The number of ether oxygens (including phenoxy) is 1. The SMILES string of the molecule is Nc1cc([N+](=O)[O-])cc(Oc2cc(F)c(Cl)cc2Br)n1. The van der Waals surface area contributed by atoms with Crippen LogP contribution in [-0.2, 0) is 0 Å². The summed E-state index contributed by atoms with van der Waals surface area (Å²) in [5, 5.41) is 10.6. The number of halogens is 3. The molecular weight excluding hydrogens is 356 g/mol. The second-order valence-corrected chi connectivity index (χ2v) is 4.91. The second kappa shape index (κ2) is 5.59. The van der Waals surface area contributed by atoms with Crippen molar-refractivity contribution in [2.45, 2.75) is 0 Å². The molecule has 6 nitrogen and oxygen atoms in total. The molecule has 0 saturated heterocycles. The molecule has 0 fully saturated rings. The number of rotatable bonds is 3. The first-order chi connectivity index (χ1) is 9.36. The summed E-state index contributed by atoms with van der Waals surface area (Å²) < 4.78 is 19.0. The zero-order chi connectivity index (χ0) is 14.9. The average molecular weight is 363 g/mol. The average Bonchev–Trinajstić information content (AvgIpc) is 2.35. The Balaban J connectivity index is 2.40. The number of anilines is 1. The minimum absolute atomic E-state index is 0.0688. The zero-order valence-electron chi connectivity index (χ0n) is 9.64. The van der Waals surface area contributed by atoms with E-state index in [2.05, 4.69) is 20.9 Å². The van der Waals surface area contributed by atoms with Crippen LogP contribution in [0.3, 0.4) is 0 Å². The first kappa shape index (κ1) is 14.5. The number of nitrogens with zero attached hydrogens (tertiary/aromatic N) is 2. The van der Waals surface area contributed by atoms with E-state index in [1.54, 1.807) is 0 Å². The van der Waals surface area contributed by atoms with Gasteiger partial charge >= 0.3 is 0 Å². The van der Waals surface area contributed by atoms with Crippen LogP contribution in [0.15, 0.2) is 28.7 Å². The van der Waals surface area contributed by atoms with Crippen LogP contribution in [0.2, 0.25) is 5.02 Å². The van der Waals surface area contributed by atoms with Gasteiger partial charge in [0.15, 0.2) is 0 Å². The maximum absolute atomic E-state index is 13.4. The largest absolute Gasteiger partial charge is 0.437 e. The summed E-state index contributed by atoms with van der Waals surface area (Å²) in [5.41, 5.74) is 5.16. The van der Waals surface area contributed by atoms with Crippen LogP contribution in [-0.4, -0.2) is 9.91 Å². The summed E-state index contributed by atoms with van der Waals surface area (Å²) in [6, 6.07) is 4.50. The third-order valence-corrected chi connectivity index (χ3v) is 3.12. The van der Waals surface area contributed by atoms with Gasteiger partial charge in [0.1, 0.15) is 17.4 Å². The van der Waals surface area contributed by atoms with Crippen LogP contribution in [0.5, 0.6) is 11.6 Å². The molecule has 0 aliphatic carbocycles. The molecule has 0 saturated carbocycles. The van der Waals surface area contributed by atoms with E-state index >= 15 is 0 Å². The highest BCUT2D eigenvalue weighted by atomic mass is 79.9. The zero-order valence-corrected chi connectivity index (χ0v) is 12.0. The van der Waals surface area contributed by atoms with Crippen LogP contribution >= 0.6 is 27.5 Å². The van der Waals surface area contributed by atoms with Gasteiger partial charge in [-0.25, -0.2) is 4.39 Å². The Morgan fingerprint density at radius 2 is 2.10 bits per heavy atom. The summed E-state index contributed by atoms with van der Waals surface area (Å²) in [6.07, 6.45) is 0. The second-order valence-electron chi connectivity index (χ2n) is 3.64. The van der Waals surface area contributed by atoms with Gasteiger partial charge < -0.3 is 10.5 Å². The fourth-order valence-electron chi connectivity index (χ4n) is 1.36. The van der Waals surface area contributed by atoms with Gasteiger partial charge in [0.05, 0.1) is 26.6 Å². The molecule has 1 heterocycles. The Morgan fingerprint density at radius 3 is 2.75 bits per heavy atom. The van der Waals surface area contributed by atoms with E-state index < -0.39 is 10.7 Å². The molecule has 0 unspecified atom stereocenters. The Labute approximate surface area is 125 Å². The van der Waals surface area contributed by atoms with Crippen molar-refractivity contribution in [1.82, 2.24) is 4.98 Å². The molecule has 20 heavy (non-hydrogen) atoms. The van der Waals surface area contributed by atoms with E-state index in [0.717, 1.165) is 18.2 Å². The van der Waals surface area contributed by atoms with Gasteiger partial charge in [-0.05, 0) is 22.0 Å². The van der Waals surface area contributed by atoms with Crippen LogP contribution in [0.1, 0.15) is 0 Å². The Kier molecular flexibility index (Phi) is 4.05. The third-order valence-electron chi connectivity index (χ3n) is 2.21. The van der Waals surface area contributed by atoms with Crippen LogP contribution < -0.4 is 10.5 Å². The maximum atomic E-state index is 13.4. The van der Waals surface area contributed by atoms with Gasteiger partial charge in [0, 0.05) is 6.07 Å². The van der Waals surface area contributed by atoms with Gasteiger partial charge in [-0.3, -0.25) is 10.1 Å². The standard InChI is InChI=1S/C11H6BrClFN3O3/c12-6-3-7(13)8(14)4-9(6)20-11-2-5(17(18)19)1-10(15)16-11/h1-4H,(H2,15,16). The predicted octanol–water partition coefficient (Wildman–Crippen LogP) is 3.92. The van der Waals surface area contributed by atoms with Crippen molar-refractivity contribution in [3.8, 4) is 11.6 Å². The first-order valence-corrected chi connectivity index (χ1v) is 6.28. The molecule has 0 bridgehead atoms. The molecule has 0 amide bonds. The summed E-state index contributed by atoms with van der Waals surface area (Å²) in [6.45, 7) is 0. The fraction of sp³-hybridized carbons (Fsp3) is 0. The molecule has 0 spiro atoms. The lowest BCUT2D eigenvalue weighted by atomic mass is 10.3. The van der Waals surface area contributed by atoms with Gasteiger partial charge in [-0.2, -0.15) is 4.98 Å². The minimum atomic E-state index is -0.691. The number of benzene rings is 1. The minimum Gasteiger partial charge on any atom is -0.437 e. The highest BCUT2D eigenvalue weighted by Gasteiger charge is 2.14. The van der Waals surface area contributed by atoms with Crippen molar-refractivity contribution in [2.24, 2.45) is 0 Å². The Hall–Kier alpha value is -1.93. The topological polar surface area (TPSA) is 91.3 Å². The molecule has 1 aromatic heterocycles. The highest BCUT2D eigenvalue weighted by molar-refractivity contribution is 9.10. The predicted molar refractivity (Wildman–Crippen MR) is 74.5 cm³/mol. The lowest BCUT2D eigenvalue weighted by Crippen LogP contribution is -1.98. The number of pyridine rings is 1. The molecule has 2 aromatic rings. The molecule has 2 N–H and O–H groups in total. The van der Waals surface area contributed by atoms with Gasteiger partial charge in [-0.1, -0.05) is 11.6 Å². The number of nitrogen functional groups attached to an aromatic ring is 1. The first-order valence-electron chi connectivity index (χ1n) is 5.11. The number of nitro groups is 1.